The molecular weight excluding hydrogens is 365 g/mol. The second-order valence-electron chi connectivity index (χ2n) is 6.71. The maximum Gasteiger partial charge on any atom is 0.407 e. The van der Waals surface area contributed by atoms with E-state index >= 15 is 0 Å². The van der Waals surface area contributed by atoms with Crippen LogP contribution in [0.4, 0.5) is 9.18 Å². The van der Waals surface area contributed by atoms with E-state index in [9.17, 15) is 14.4 Å². The van der Waals surface area contributed by atoms with E-state index in [2.05, 4.69) is 11.9 Å². The first-order valence-corrected chi connectivity index (χ1v) is 9.55. The molecule has 142 valence electrons. The van der Waals surface area contributed by atoms with Crippen molar-refractivity contribution in [3.8, 4) is 6.07 Å². The standard InChI is InChI=1S/C17H27ClFN3O2S/c1-11(19)9-13(10-20)17(18,21)14(7-8-25-6)12(2)22-15(23)24-16(3,4)5/h9,12,14H,1,7-8,21H2,2-6H3,(H,22,23)/b13-9-/t12-,14+,17?/m0/s1. The van der Waals surface area contributed by atoms with Crippen LogP contribution in [0.1, 0.15) is 34.1 Å². The first-order valence-electron chi connectivity index (χ1n) is 7.78. The van der Waals surface area contributed by atoms with Crippen molar-refractivity contribution in [3.63, 3.8) is 0 Å². The van der Waals surface area contributed by atoms with E-state index in [1.807, 2.05) is 12.3 Å². The monoisotopic (exact) mass is 391 g/mol. The number of halogens is 2. The fraction of sp³-hybridized carbons (Fsp3) is 0.647. The minimum atomic E-state index is -1.66. The zero-order valence-electron chi connectivity index (χ0n) is 15.4. The number of carbonyl (C=O) groups excluding carboxylic acids is 1. The number of hydrogen-bond acceptors (Lipinski definition) is 5. The number of nitrogens with zero attached hydrogens (tertiary/aromatic N) is 1. The third-order valence-corrected chi connectivity index (χ3v) is 4.48. The third-order valence-electron chi connectivity index (χ3n) is 3.35. The number of ether oxygens (including phenoxy) is 1. The summed E-state index contributed by atoms with van der Waals surface area (Å²) in [6.45, 7) is 10.1. The zero-order valence-corrected chi connectivity index (χ0v) is 16.9. The van der Waals surface area contributed by atoms with Gasteiger partial charge < -0.3 is 15.8 Å². The van der Waals surface area contributed by atoms with Gasteiger partial charge in [0, 0.05) is 12.0 Å². The molecule has 0 heterocycles. The average Bonchev–Trinajstić information content (AvgIpc) is 2.42. The average molecular weight is 392 g/mol. The summed E-state index contributed by atoms with van der Waals surface area (Å²) in [7, 11) is 0. The van der Waals surface area contributed by atoms with Crippen molar-refractivity contribution in [2.45, 2.75) is 50.8 Å². The number of nitrogens with two attached hydrogens (primary N) is 1. The van der Waals surface area contributed by atoms with Crippen molar-refractivity contribution < 1.29 is 13.9 Å². The van der Waals surface area contributed by atoms with Crippen LogP contribution in [0.15, 0.2) is 24.1 Å². The Bertz CT molecular complexity index is 553. The fourth-order valence-corrected chi connectivity index (χ4v) is 3.13. The molecule has 0 aromatic heterocycles. The molecule has 3 N–H and O–H groups in total. The lowest BCUT2D eigenvalue weighted by Crippen LogP contribution is -2.53. The van der Waals surface area contributed by atoms with Crippen LogP contribution in [0.3, 0.4) is 0 Å². The predicted octanol–water partition coefficient (Wildman–Crippen LogP) is 4.10. The molecule has 0 aromatic carbocycles. The maximum atomic E-state index is 13.2. The van der Waals surface area contributed by atoms with Crippen LogP contribution in [0, 0.1) is 17.2 Å². The normalized spacial score (nSPS) is 17.0. The Morgan fingerprint density at radius 3 is 2.52 bits per heavy atom. The van der Waals surface area contributed by atoms with Crippen LogP contribution in [0.5, 0.6) is 0 Å². The molecule has 0 spiro atoms. The third kappa shape index (κ3) is 8.61. The van der Waals surface area contributed by atoms with Crippen molar-refractivity contribution in [1.82, 2.24) is 5.32 Å². The summed E-state index contributed by atoms with van der Waals surface area (Å²) < 4.78 is 18.4. The lowest BCUT2D eigenvalue weighted by molar-refractivity contribution is 0.0486. The van der Waals surface area contributed by atoms with Crippen LogP contribution < -0.4 is 11.1 Å². The largest absolute Gasteiger partial charge is 0.444 e. The van der Waals surface area contributed by atoms with Crippen molar-refractivity contribution >= 4 is 29.5 Å². The molecule has 3 atom stereocenters. The Hall–Kier alpha value is -1.23. The molecule has 0 aliphatic carbocycles. The summed E-state index contributed by atoms with van der Waals surface area (Å²) in [5, 5.41) is 12.0. The second kappa shape index (κ2) is 10.0. The molecule has 0 rings (SSSR count). The van der Waals surface area contributed by atoms with Gasteiger partial charge in [0.2, 0.25) is 0 Å². The number of nitriles is 1. The lowest BCUT2D eigenvalue weighted by Gasteiger charge is -2.36. The summed E-state index contributed by atoms with van der Waals surface area (Å²) in [6, 6.07) is 1.32. The Labute approximate surface area is 158 Å². The summed E-state index contributed by atoms with van der Waals surface area (Å²) in [4.78, 5) is 10.4. The number of nitrogens with one attached hydrogen (secondary N) is 1. The van der Waals surface area contributed by atoms with Gasteiger partial charge in [-0.1, -0.05) is 18.2 Å². The topological polar surface area (TPSA) is 88.1 Å². The van der Waals surface area contributed by atoms with Crippen LogP contribution in [0.2, 0.25) is 0 Å². The molecule has 0 aromatic rings. The van der Waals surface area contributed by atoms with Gasteiger partial charge in [0.05, 0.1) is 11.6 Å². The highest BCUT2D eigenvalue weighted by Crippen LogP contribution is 2.34. The zero-order chi connectivity index (χ0) is 19.8. The number of alkyl carbamates (subject to hydrolysis) is 1. The van der Waals surface area contributed by atoms with Crippen LogP contribution >= 0.6 is 23.4 Å². The summed E-state index contributed by atoms with van der Waals surface area (Å²) in [5.41, 5.74) is 5.38. The first-order chi connectivity index (χ1) is 11.3. The Morgan fingerprint density at radius 1 is 1.56 bits per heavy atom. The van der Waals surface area contributed by atoms with Gasteiger partial charge in [-0.3, -0.25) is 0 Å². The minimum absolute atomic E-state index is 0.148. The fourth-order valence-electron chi connectivity index (χ4n) is 2.25. The van der Waals surface area contributed by atoms with Crippen molar-refractivity contribution in [2.24, 2.45) is 11.7 Å². The number of alkyl halides is 1. The molecule has 0 aliphatic rings. The Morgan fingerprint density at radius 2 is 2.12 bits per heavy atom. The summed E-state index contributed by atoms with van der Waals surface area (Å²) in [6.07, 6.45) is 2.73. The molecule has 1 amide bonds. The first kappa shape index (κ1) is 23.8. The quantitative estimate of drug-likeness (QED) is 0.281. The van der Waals surface area contributed by atoms with E-state index in [1.54, 1.807) is 39.5 Å². The molecule has 1 unspecified atom stereocenters. The smallest absolute Gasteiger partial charge is 0.407 e. The van der Waals surface area contributed by atoms with E-state index < -0.39 is 34.5 Å². The molecule has 25 heavy (non-hydrogen) atoms. The van der Waals surface area contributed by atoms with Crippen LogP contribution in [-0.2, 0) is 4.74 Å². The van der Waals surface area contributed by atoms with Gasteiger partial charge in [-0.25, -0.2) is 9.18 Å². The number of hydrogen-bond donors (Lipinski definition) is 2. The molecule has 0 radical (unpaired) electrons. The molecular formula is C17H27ClFN3O2S. The van der Waals surface area contributed by atoms with Gasteiger partial charge in [0.15, 0.2) is 0 Å². The SMILES string of the molecule is C=C(F)/C=C(/C#N)C(N)(Cl)[C@H](CCSC)[C@H](C)NC(=O)OC(C)(C)C. The van der Waals surface area contributed by atoms with Crippen LogP contribution in [-0.4, -0.2) is 34.7 Å². The van der Waals surface area contributed by atoms with Crippen LogP contribution in [0.25, 0.3) is 0 Å². The minimum Gasteiger partial charge on any atom is -0.444 e. The van der Waals surface area contributed by atoms with Gasteiger partial charge in [-0.15, -0.1) is 0 Å². The number of carbonyl (C=O) groups is 1. The van der Waals surface area contributed by atoms with Gasteiger partial charge in [0.1, 0.15) is 16.4 Å². The molecule has 0 fully saturated rings. The van der Waals surface area contributed by atoms with E-state index in [4.69, 9.17) is 22.1 Å². The summed E-state index contributed by atoms with van der Waals surface area (Å²) in [5.74, 6) is -0.644. The number of thioether (sulfide) groups is 1. The summed E-state index contributed by atoms with van der Waals surface area (Å²) >= 11 is 8.01. The van der Waals surface area contributed by atoms with E-state index in [1.165, 1.54) is 0 Å². The number of rotatable bonds is 8. The van der Waals surface area contributed by atoms with Gasteiger partial charge in [-0.2, -0.15) is 17.0 Å². The van der Waals surface area contributed by atoms with Gasteiger partial charge in [-0.05, 0) is 52.2 Å². The lowest BCUT2D eigenvalue weighted by atomic mass is 9.85. The molecule has 8 heteroatoms. The molecule has 0 saturated heterocycles. The predicted molar refractivity (Wildman–Crippen MR) is 102 cm³/mol. The highest BCUT2D eigenvalue weighted by molar-refractivity contribution is 7.98. The van der Waals surface area contributed by atoms with E-state index in [0.29, 0.717) is 12.2 Å². The van der Waals surface area contributed by atoms with Crippen molar-refractivity contribution in [1.29, 1.82) is 5.26 Å². The van der Waals surface area contributed by atoms with Gasteiger partial charge >= 0.3 is 6.09 Å². The van der Waals surface area contributed by atoms with Gasteiger partial charge in [0.25, 0.3) is 0 Å². The molecule has 0 saturated carbocycles. The number of amides is 1. The number of allylic oxidation sites excluding steroid dienone is 2. The highest BCUT2D eigenvalue weighted by atomic mass is 35.5. The Balaban J connectivity index is 5.50. The van der Waals surface area contributed by atoms with E-state index in [-0.39, 0.29) is 5.57 Å². The van der Waals surface area contributed by atoms with Crippen molar-refractivity contribution in [2.75, 3.05) is 12.0 Å². The molecule has 0 aliphatic heterocycles. The highest BCUT2D eigenvalue weighted by Gasteiger charge is 2.41. The Kier molecular flexibility index (Phi) is 9.55. The second-order valence-corrected chi connectivity index (χ2v) is 8.32. The molecule has 5 nitrogen and oxygen atoms in total. The molecule has 0 bridgehead atoms. The van der Waals surface area contributed by atoms with E-state index in [0.717, 1.165) is 6.08 Å². The maximum absolute atomic E-state index is 13.2. The van der Waals surface area contributed by atoms with Crippen molar-refractivity contribution in [3.05, 3.63) is 24.1 Å².